The summed E-state index contributed by atoms with van der Waals surface area (Å²) in [4.78, 5) is 12.6. The Morgan fingerprint density at radius 2 is 1.83 bits per heavy atom. The second-order valence-corrected chi connectivity index (χ2v) is 4.47. The second kappa shape index (κ2) is 6.54. The first-order valence-corrected chi connectivity index (χ1v) is 6.09. The smallest absolute Gasteiger partial charge is 0.278 e. The predicted molar refractivity (Wildman–Crippen MR) is 75.0 cm³/mol. The molecule has 0 aromatic heterocycles. The molecule has 0 saturated heterocycles. The van der Waals surface area contributed by atoms with Crippen LogP contribution in [0.5, 0.6) is 11.5 Å². The molecular weight excluding hydrogens is 250 g/mol. The molecule has 5 heteroatoms. The van der Waals surface area contributed by atoms with Crippen molar-refractivity contribution in [2.45, 2.75) is 13.3 Å². The fourth-order valence-corrected chi connectivity index (χ4v) is 1.78. The Hall–Kier alpha value is -1.36. The van der Waals surface area contributed by atoms with Crippen molar-refractivity contribution in [2.75, 3.05) is 27.8 Å². The molecule has 0 unspecified atom stereocenters. The van der Waals surface area contributed by atoms with E-state index in [1.54, 1.807) is 26.2 Å². The normalized spacial score (nSPS) is 10.1. The largest absolute Gasteiger partial charge is 0.493 e. The van der Waals surface area contributed by atoms with E-state index in [1.807, 2.05) is 19.1 Å². The molecule has 1 rings (SSSR count). The van der Waals surface area contributed by atoms with Crippen molar-refractivity contribution in [1.29, 1.82) is 0 Å². The molecule has 0 aliphatic heterocycles. The summed E-state index contributed by atoms with van der Waals surface area (Å²) < 4.78 is 10.5. The number of hydrogen-bond acceptors (Lipinski definition) is 3. The van der Waals surface area contributed by atoms with E-state index in [2.05, 4.69) is 12.6 Å². The van der Waals surface area contributed by atoms with E-state index in [1.165, 1.54) is 0 Å². The highest BCUT2D eigenvalue weighted by atomic mass is 32.1. The number of thiol groups is 1. The first-order valence-electron chi connectivity index (χ1n) is 5.65. The van der Waals surface area contributed by atoms with E-state index in [9.17, 15) is 4.79 Å². The predicted octanol–water partition coefficient (Wildman–Crippen LogP) is 2.54. The second-order valence-electron chi connectivity index (χ2n) is 4.09. The SMILES string of the molecule is COc1cc(C)c(CCN(C)C(=O)S)cc1OC. The number of carbonyl (C=O) groups excluding carboxylic acids is 1. The van der Waals surface area contributed by atoms with E-state index in [4.69, 9.17) is 9.47 Å². The Labute approximate surface area is 113 Å². The molecule has 18 heavy (non-hydrogen) atoms. The number of methoxy groups -OCH3 is 2. The van der Waals surface area contributed by atoms with Crippen molar-refractivity contribution in [3.8, 4) is 11.5 Å². The van der Waals surface area contributed by atoms with Crippen LogP contribution in [0, 0.1) is 6.92 Å². The van der Waals surface area contributed by atoms with E-state index >= 15 is 0 Å². The molecule has 0 fully saturated rings. The Balaban J connectivity index is 2.86. The molecule has 1 amide bonds. The molecule has 100 valence electrons. The Bertz CT molecular complexity index is 434. The number of benzene rings is 1. The number of ether oxygens (including phenoxy) is 2. The maximum Gasteiger partial charge on any atom is 0.278 e. The summed E-state index contributed by atoms with van der Waals surface area (Å²) in [6.45, 7) is 2.64. The van der Waals surface area contributed by atoms with Gasteiger partial charge < -0.3 is 14.4 Å². The molecule has 0 atom stereocenters. The van der Waals surface area contributed by atoms with Gasteiger partial charge in [-0.2, -0.15) is 0 Å². The number of hydrogen-bond donors (Lipinski definition) is 1. The van der Waals surface area contributed by atoms with Crippen molar-refractivity contribution in [3.63, 3.8) is 0 Å². The van der Waals surface area contributed by atoms with Gasteiger partial charge in [0.2, 0.25) is 0 Å². The summed E-state index contributed by atoms with van der Waals surface area (Å²) in [6, 6.07) is 3.89. The van der Waals surface area contributed by atoms with Crippen LogP contribution in [-0.2, 0) is 6.42 Å². The molecule has 0 bridgehead atoms. The highest BCUT2D eigenvalue weighted by Gasteiger charge is 2.10. The highest BCUT2D eigenvalue weighted by molar-refractivity contribution is 7.96. The van der Waals surface area contributed by atoms with Gasteiger partial charge in [-0.05, 0) is 36.6 Å². The van der Waals surface area contributed by atoms with Crippen molar-refractivity contribution in [1.82, 2.24) is 4.90 Å². The van der Waals surface area contributed by atoms with Crippen LogP contribution in [0.15, 0.2) is 12.1 Å². The number of likely N-dealkylation sites (N-methyl/N-ethyl adjacent to an activating group) is 1. The van der Waals surface area contributed by atoms with E-state index in [-0.39, 0.29) is 5.24 Å². The van der Waals surface area contributed by atoms with Gasteiger partial charge in [-0.15, -0.1) is 0 Å². The van der Waals surface area contributed by atoms with E-state index < -0.39 is 0 Å². The van der Waals surface area contributed by atoms with Crippen molar-refractivity contribution in [2.24, 2.45) is 0 Å². The zero-order valence-corrected chi connectivity index (χ0v) is 12.1. The van der Waals surface area contributed by atoms with Gasteiger partial charge >= 0.3 is 0 Å². The molecule has 0 heterocycles. The Morgan fingerprint density at radius 1 is 1.28 bits per heavy atom. The van der Waals surface area contributed by atoms with Crippen LogP contribution < -0.4 is 9.47 Å². The zero-order chi connectivity index (χ0) is 13.7. The van der Waals surface area contributed by atoms with Gasteiger partial charge in [0.1, 0.15) is 0 Å². The van der Waals surface area contributed by atoms with Gasteiger partial charge in [-0.1, -0.05) is 12.6 Å². The fourth-order valence-electron chi connectivity index (χ4n) is 1.68. The highest BCUT2D eigenvalue weighted by Crippen LogP contribution is 2.30. The molecule has 0 aliphatic carbocycles. The number of aryl methyl sites for hydroxylation is 1. The van der Waals surface area contributed by atoms with Gasteiger partial charge in [-0.25, -0.2) is 0 Å². The fraction of sp³-hybridized carbons (Fsp3) is 0.462. The van der Waals surface area contributed by atoms with E-state index in [0.717, 1.165) is 23.3 Å². The summed E-state index contributed by atoms with van der Waals surface area (Å²) in [5.41, 5.74) is 2.25. The lowest BCUT2D eigenvalue weighted by Crippen LogP contribution is -2.23. The molecule has 0 radical (unpaired) electrons. The molecular formula is C13H19NO3S. The monoisotopic (exact) mass is 269 g/mol. The van der Waals surface area contributed by atoms with Crippen LogP contribution in [0.3, 0.4) is 0 Å². The van der Waals surface area contributed by atoms with Crippen LogP contribution in [-0.4, -0.2) is 38.0 Å². The van der Waals surface area contributed by atoms with Crippen molar-refractivity contribution < 1.29 is 14.3 Å². The molecule has 4 nitrogen and oxygen atoms in total. The number of carbonyl (C=O) groups is 1. The third-order valence-corrected chi connectivity index (χ3v) is 3.23. The lowest BCUT2D eigenvalue weighted by molar-refractivity contribution is 0.234. The molecule has 1 aromatic carbocycles. The van der Waals surface area contributed by atoms with Gasteiger partial charge in [0.05, 0.1) is 14.2 Å². The van der Waals surface area contributed by atoms with E-state index in [0.29, 0.717) is 12.3 Å². The lowest BCUT2D eigenvalue weighted by atomic mass is 10.0. The number of nitrogens with zero attached hydrogens (tertiary/aromatic N) is 1. The van der Waals surface area contributed by atoms with Crippen molar-refractivity contribution >= 4 is 17.9 Å². The Morgan fingerprint density at radius 3 is 2.33 bits per heavy atom. The first-order chi connectivity index (χ1) is 8.49. The zero-order valence-electron chi connectivity index (χ0n) is 11.2. The minimum atomic E-state index is -0.229. The number of rotatable bonds is 5. The maximum absolute atomic E-state index is 11.0. The third-order valence-electron chi connectivity index (χ3n) is 2.89. The summed E-state index contributed by atoms with van der Waals surface area (Å²) in [5, 5.41) is -0.229. The summed E-state index contributed by atoms with van der Waals surface area (Å²) in [7, 11) is 4.95. The van der Waals surface area contributed by atoms with Crippen LogP contribution in [0.4, 0.5) is 4.79 Å². The quantitative estimate of drug-likeness (QED) is 0.835. The summed E-state index contributed by atoms with van der Waals surface area (Å²) >= 11 is 3.78. The standard InChI is InChI=1S/C13H19NO3S/c1-9-7-11(16-3)12(17-4)8-10(9)5-6-14(2)13(15)18/h7-8H,5-6H2,1-4H3,(H,15,18). The summed E-state index contributed by atoms with van der Waals surface area (Å²) in [5.74, 6) is 1.43. The average Bonchev–Trinajstić information content (AvgIpc) is 2.36. The van der Waals surface area contributed by atoms with Crippen LogP contribution >= 0.6 is 12.6 Å². The minimum absolute atomic E-state index is 0.229. The van der Waals surface area contributed by atoms with Crippen LogP contribution in [0.1, 0.15) is 11.1 Å². The van der Waals surface area contributed by atoms with Gasteiger partial charge in [-0.3, -0.25) is 4.79 Å². The molecule has 0 aliphatic rings. The summed E-state index contributed by atoms with van der Waals surface area (Å²) in [6.07, 6.45) is 0.759. The molecule has 0 N–H and O–H groups in total. The van der Waals surface area contributed by atoms with Crippen molar-refractivity contribution in [3.05, 3.63) is 23.3 Å². The topological polar surface area (TPSA) is 38.8 Å². The Kier molecular flexibility index (Phi) is 5.34. The molecule has 0 saturated carbocycles. The molecule has 1 aromatic rings. The third kappa shape index (κ3) is 3.57. The number of amides is 1. The lowest BCUT2D eigenvalue weighted by Gasteiger charge is -2.16. The molecule has 0 spiro atoms. The first kappa shape index (κ1) is 14.7. The van der Waals surface area contributed by atoms with Gasteiger partial charge in [0.15, 0.2) is 11.5 Å². The van der Waals surface area contributed by atoms with Crippen LogP contribution in [0.2, 0.25) is 0 Å². The van der Waals surface area contributed by atoms with Crippen LogP contribution in [0.25, 0.3) is 0 Å². The van der Waals surface area contributed by atoms with Gasteiger partial charge in [0, 0.05) is 13.6 Å². The van der Waals surface area contributed by atoms with Gasteiger partial charge in [0.25, 0.3) is 5.24 Å². The maximum atomic E-state index is 11.0. The minimum Gasteiger partial charge on any atom is -0.493 e. The average molecular weight is 269 g/mol.